The van der Waals surface area contributed by atoms with Crippen LogP contribution in [0.25, 0.3) is 0 Å². The largest absolute Gasteiger partial charge is 0.465 e. The van der Waals surface area contributed by atoms with Crippen LogP contribution in [-0.4, -0.2) is 28.8 Å². The van der Waals surface area contributed by atoms with Gasteiger partial charge in [-0.15, -0.1) is 0 Å². The summed E-state index contributed by atoms with van der Waals surface area (Å²) in [6.07, 6.45) is -3.90. The average Bonchev–Trinajstić information content (AvgIpc) is 2.34. The van der Waals surface area contributed by atoms with Crippen molar-refractivity contribution in [3.8, 4) is 0 Å². The van der Waals surface area contributed by atoms with Gasteiger partial charge in [-0.25, -0.2) is 9.78 Å². The number of nitrogens with one attached hydrogen (secondary N) is 2. The number of pyridine rings is 1. The van der Waals surface area contributed by atoms with Crippen molar-refractivity contribution in [1.82, 2.24) is 10.3 Å². The van der Waals surface area contributed by atoms with E-state index in [1.165, 1.54) is 6.07 Å². The summed E-state index contributed by atoms with van der Waals surface area (Å²) in [6.45, 7) is 4.18. The number of hydrogen-bond acceptors (Lipinski definition) is 3. The minimum absolute atomic E-state index is 0.275. The molecule has 1 heterocycles. The molecule has 0 aliphatic rings. The summed E-state index contributed by atoms with van der Waals surface area (Å²) >= 11 is 0. The summed E-state index contributed by atoms with van der Waals surface area (Å²) < 4.78 is 37.1. The summed E-state index contributed by atoms with van der Waals surface area (Å²) in [5.74, 6) is 0.286. The number of alkyl halides is 3. The van der Waals surface area contributed by atoms with Crippen molar-refractivity contribution < 1.29 is 23.1 Å². The first kappa shape index (κ1) is 17.1. The molecule has 1 unspecified atom stereocenters. The van der Waals surface area contributed by atoms with E-state index >= 15 is 0 Å². The van der Waals surface area contributed by atoms with E-state index in [0.29, 0.717) is 12.1 Å². The fraction of sp³-hybridized carbons (Fsp3) is 0.538. The molecular formula is C13H18F3N3O2. The molecule has 1 aromatic heterocycles. The molecular weight excluding hydrogens is 287 g/mol. The Balaban J connectivity index is 2.61. The Morgan fingerprint density at radius 2 is 2.05 bits per heavy atom. The van der Waals surface area contributed by atoms with E-state index in [2.05, 4.69) is 15.6 Å². The number of amides is 1. The molecule has 0 saturated carbocycles. The van der Waals surface area contributed by atoms with Crippen LogP contribution in [0.3, 0.4) is 0 Å². The van der Waals surface area contributed by atoms with Crippen LogP contribution in [-0.2, 0) is 6.18 Å². The number of carbonyl (C=O) groups is 1. The first-order valence-electron chi connectivity index (χ1n) is 6.45. The predicted octanol–water partition coefficient (Wildman–Crippen LogP) is 3.19. The van der Waals surface area contributed by atoms with Gasteiger partial charge in [-0.2, -0.15) is 13.2 Å². The maximum atomic E-state index is 12.4. The van der Waals surface area contributed by atoms with E-state index in [1.807, 2.05) is 13.8 Å². The lowest BCUT2D eigenvalue weighted by molar-refractivity contribution is -0.141. The first-order valence-corrected chi connectivity index (χ1v) is 6.45. The Morgan fingerprint density at radius 3 is 2.48 bits per heavy atom. The summed E-state index contributed by atoms with van der Waals surface area (Å²) in [5.41, 5.74) is -0.556. The van der Waals surface area contributed by atoms with Gasteiger partial charge < -0.3 is 15.7 Å². The highest BCUT2D eigenvalue weighted by molar-refractivity contribution is 5.65. The number of aromatic nitrogens is 1. The molecule has 1 amide bonds. The molecule has 118 valence electrons. The minimum atomic E-state index is -4.47. The summed E-state index contributed by atoms with van der Waals surface area (Å²) in [5, 5.41) is 14.0. The molecule has 0 aliphatic carbocycles. The van der Waals surface area contributed by atoms with Gasteiger partial charge in [0.15, 0.2) is 0 Å². The molecule has 1 atom stereocenters. The van der Waals surface area contributed by atoms with Crippen LogP contribution in [0.5, 0.6) is 0 Å². The van der Waals surface area contributed by atoms with E-state index in [0.717, 1.165) is 12.3 Å². The highest BCUT2D eigenvalue weighted by atomic mass is 19.4. The summed E-state index contributed by atoms with van der Waals surface area (Å²) in [7, 11) is 0. The first-order chi connectivity index (χ1) is 9.68. The number of anilines is 1. The van der Waals surface area contributed by atoms with Crippen molar-refractivity contribution in [2.24, 2.45) is 5.92 Å². The Bertz CT molecular complexity index is 461. The van der Waals surface area contributed by atoms with Crippen LogP contribution in [0.2, 0.25) is 0 Å². The molecule has 0 aromatic carbocycles. The van der Waals surface area contributed by atoms with Gasteiger partial charge in [0.1, 0.15) is 5.69 Å². The third kappa shape index (κ3) is 6.33. The van der Waals surface area contributed by atoms with Gasteiger partial charge in [0.2, 0.25) is 0 Å². The maximum absolute atomic E-state index is 12.4. The van der Waals surface area contributed by atoms with E-state index < -0.39 is 18.0 Å². The smallest absolute Gasteiger partial charge is 0.433 e. The maximum Gasteiger partial charge on any atom is 0.433 e. The van der Waals surface area contributed by atoms with Crippen molar-refractivity contribution in [1.29, 1.82) is 0 Å². The van der Waals surface area contributed by atoms with E-state index in [4.69, 9.17) is 5.11 Å². The predicted molar refractivity (Wildman–Crippen MR) is 72.1 cm³/mol. The minimum Gasteiger partial charge on any atom is -0.465 e. The number of rotatable bonds is 6. The monoisotopic (exact) mass is 305 g/mol. The zero-order chi connectivity index (χ0) is 16.0. The highest BCUT2D eigenvalue weighted by Gasteiger charge is 2.32. The molecule has 0 bridgehead atoms. The zero-order valence-corrected chi connectivity index (χ0v) is 11.7. The third-order valence-corrected chi connectivity index (χ3v) is 2.69. The Labute approximate surface area is 120 Å². The molecule has 21 heavy (non-hydrogen) atoms. The molecule has 8 heteroatoms. The van der Waals surface area contributed by atoms with Gasteiger partial charge in [-0.1, -0.05) is 13.8 Å². The fourth-order valence-corrected chi connectivity index (χ4v) is 1.84. The molecule has 0 fully saturated rings. The van der Waals surface area contributed by atoms with Crippen LogP contribution in [0.1, 0.15) is 26.0 Å². The van der Waals surface area contributed by atoms with Gasteiger partial charge in [-0.05, 0) is 24.5 Å². The molecule has 0 radical (unpaired) electrons. The van der Waals surface area contributed by atoms with Crippen molar-refractivity contribution in [3.63, 3.8) is 0 Å². The summed E-state index contributed by atoms with van der Waals surface area (Å²) in [4.78, 5) is 14.0. The quantitative estimate of drug-likeness (QED) is 0.754. The molecule has 0 saturated heterocycles. The van der Waals surface area contributed by atoms with Crippen LogP contribution in [0.15, 0.2) is 18.3 Å². The second-order valence-electron chi connectivity index (χ2n) is 5.09. The standard InChI is InChI=1S/C13H18F3N3O2/c1-8(2)5-10(19-12(20)21)7-17-9-3-4-11(18-6-9)13(14,15)16/h3-4,6,8,10,17,19H,5,7H2,1-2H3,(H,20,21). The number of carboxylic acid groups (broad SMARTS) is 1. The second-order valence-corrected chi connectivity index (χ2v) is 5.09. The molecule has 1 rings (SSSR count). The van der Waals surface area contributed by atoms with Crippen molar-refractivity contribution >= 4 is 11.8 Å². The van der Waals surface area contributed by atoms with Crippen LogP contribution < -0.4 is 10.6 Å². The normalized spacial score (nSPS) is 13.0. The van der Waals surface area contributed by atoms with Crippen LogP contribution in [0, 0.1) is 5.92 Å². The Kier molecular flexibility index (Phi) is 5.80. The van der Waals surface area contributed by atoms with Gasteiger partial charge >= 0.3 is 12.3 Å². The lowest BCUT2D eigenvalue weighted by Crippen LogP contribution is -2.39. The zero-order valence-electron chi connectivity index (χ0n) is 11.7. The average molecular weight is 305 g/mol. The van der Waals surface area contributed by atoms with Crippen LogP contribution >= 0.6 is 0 Å². The molecule has 5 nitrogen and oxygen atoms in total. The molecule has 0 aliphatic heterocycles. The number of halogens is 3. The number of hydrogen-bond donors (Lipinski definition) is 3. The van der Waals surface area contributed by atoms with E-state index in [-0.39, 0.29) is 18.5 Å². The van der Waals surface area contributed by atoms with E-state index in [9.17, 15) is 18.0 Å². The third-order valence-electron chi connectivity index (χ3n) is 2.69. The number of nitrogens with zero attached hydrogens (tertiary/aromatic N) is 1. The van der Waals surface area contributed by atoms with Gasteiger partial charge in [0, 0.05) is 12.6 Å². The van der Waals surface area contributed by atoms with Gasteiger partial charge in [0.25, 0.3) is 0 Å². The fourth-order valence-electron chi connectivity index (χ4n) is 1.84. The van der Waals surface area contributed by atoms with Crippen molar-refractivity contribution in [2.75, 3.05) is 11.9 Å². The lowest BCUT2D eigenvalue weighted by Gasteiger charge is -2.20. The highest BCUT2D eigenvalue weighted by Crippen LogP contribution is 2.27. The SMILES string of the molecule is CC(C)CC(CNc1ccc(C(F)(F)F)nc1)NC(=O)O. The molecule has 3 N–H and O–H groups in total. The molecule has 0 spiro atoms. The van der Waals surface area contributed by atoms with Gasteiger partial charge in [0.05, 0.1) is 11.9 Å². The van der Waals surface area contributed by atoms with Crippen molar-refractivity contribution in [2.45, 2.75) is 32.5 Å². The Hall–Kier alpha value is -1.99. The van der Waals surface area contributed by atoms with Crippen molar-refractivity contribution in [3.05, 3.63) is 24.0 Å². The van der Waals surface area contributed by atoms with E-state index in [1.54, 1.807) is 0 Å². The Morgan fingerprint density at radius 1 is 1.38 bits per heavy atom. The van der Waals surface area contributed by atoms with Crippen LogP contribution in [0.4, 0.5) is 23.7 Å². The second kappa shape index (κ2) is 7.14. The topological polar surface area (TPSA) is 74.2 Å². The molecule has 1 aromatic rings. The lowest BCUT2D eigenvalue weighted by atomic mass is 10.0. The summed E-state index contributed by atoms with van der Waals surface area (Å²) in [6, 6.07) is 1.82. The van der Waals surface area contributed by atoms with Gasteiger partial charge in [-0.3, -0.25) is 0 Å².